The summed E-state index contributed by atoms with van der Waals surface area (Å²) >= 11 is 0. The van der Waals surface area contributed by atoms with E-state index in [-0.39, 0.29) is 18.2 Å². The van der Waals surface area contributed by atoms with Gasteiger partial charge in [0.15, 0.2) is 0 Å². The van der Waals surface area contributed by atoms with Gasteiger partial charge in [-0.1, -0.05) is 37.3 Å². The van der Waals surface area contributed by atoms with E-state index in [0.29, 0.717) is 13.0 Å². The van der Waals surface area contributed by atoms with E-state index in [9.17, 15) is 9.59 Å². The maximum Gasteiger partial charge on any atom is 0.330 e. The Labute approximate surface area is 145 Å². The summed E-state index contributed by atoms with van der Waals surface area (Å²) in [5.41, 5.74) is 6.33. The fourth-order valence-electron chi connectivity index (χ4n) is 3.04. The van der Waals surface area contributed by atoms with Crippen molar-refractivity contribution in [3.63, 3.8) is 0 Å². The van der Waals surface area contributed by atoms with Crippen molar-refractivity contribution in [2.45, 2.75) is 50.8 Å². The van der Waals surface area contributed by atoms with Crippen LogP contribution in [0.3, 0.4) is 0 Å². The van der Waals surface area contributed by atoms with Crippen LogP contribution in [-0.2, 0) is 16.1 Å². The first-order chi connectivity index (χ1) is 12.1. The minimum absolute atomic E-state index is 0.191. The van der Waals surface area contributed by atoms with Crippen molar-refractivity contribution >= 4 is 0 Å². The largest absolute Gasteiger partial charge is 0.371 e. The third-order valence-corrected chi connectivity index (χ3v) is 4.48. The molecule has 0 spiro atoms. The molecule has 1 aromatic heterocycles. The van der Waals surface area contributed by atoms with Gasteiger partial charge in [0.05, 0.1) is 12.7 Å². The number of aromatic nitrogens is 2. The van der Waals surface area contributed by atoms with Crippen molar-refractivity contribution in [2.75, 3.05) is 0 Å². The second-order valence-corrected chi connectivity index (χ2v) is 6.22. The Morgan fingerprint density at radius 3 is 2.76 bits per heavy atom. The Morgan fingerprint density at radius 1 is 1.32 bits per heavy atom. The van der Waals surface area contributed by atoms with Crippen LogP contribution in [0.4, 0.5) is 0 Å². The zero-order chi connectivity index (χ0) is 17.8. The van der Waals surface area contributed by atoms with Crippen LogP contribution in [0, 0.1) is 0 Å². The predicted octanol–water partition coefficient (Wildman–Crippen LogP) is 1.15. The molecule has 1 saturated heterocycles. The topological polar surface area (TPSA) is 99.3 Å². The first-order valence-electron chi connectivity index (χ1n) is 8.46. The lowest BCUT2D eigenvalue weighted by Gasteiger charge is -2.24. The van der Waals surface area contributed by atoms with Crippen LogP contribution in [0.2, 0.25) is 0 Å². The standard InChI is InChI=1S/C18H23N3O4/c1-2-13(19)17-14(24-11-12-6-4-3-5-7-12)10-16(25-17)21-9-8-15(22)20-18(21)23/h3-9,13-14,16-17H,2,10-11,19H2,1H3,(H,20,22,23)/t13?,14-,16+,17+/m0/s1. The average Bonchev–Trinajstić information content (AvgIpc) is 3.04. The van der Waals surface area contributed by atoms with E-state index in [0.717, 1.165) is 12.0 Å². The second-order valence-electron chi connectivity index (χ2n) is 6.22. The summed E-state index contributed by atoms with van der Waals surface area (Å²) < 4.78 is 13.4. The van der Waals surface area contributed by atoms with Gasteiger partial charge in [0.1, 0.15) is 12.3 Å². The number of aromatic amines is 1. The first-order valence-corrected chi connectivity index (χ1v) is 8.46. The summed E-state index contributed by atoms with van der Waals surface area (Å²) in [4.78, 5) is 25.5. The van der Waals surface area contributed by atoms with Gasteiger partial charge >= 0.3 is 5.69 Å². The van der Waals surface area contributed by atoms with Gasteiger partial charge in [-0.25, -0.2) is 4.79 Å². The summed E-state index contributed by atoms with van der Waals surface area (Å²) in [7, 11) is 0. The number of ether oxygens (including phenoxy) is 2. The summed E-state index contributed by atoms with van der Waals surface area (Å²) in [6, 6.07) is 11.0. The highest BCUT2D eigenvalue weighted by molar-refractivity contribution is 5.13. The van der Waals surface area contributed by atoms with Crippen molar-refractivity contribution in [3.8, 4) is 0 Å². The van der Waals surface area contributed by atoms with Gasteiger partial charge in [0.25, 0.3) is 5.56 Å². The highest BCUT2D eigenvalue weighted by Gasteiger charge is 2.40. The quantitative estimate of drug-likeness (QED) is 0.818. The lowest BCUT2D eigenvalue weighted by Crippen LogP contribution is -2.41. The minimum Gasteiger partial charge on any atom is -0.371 e. The van der Waals surface area contributed by atoms with Crippen molar-refractivity contribution in [1.82, 2.24) is 9.55 Å². The van der Waals surface area contributed by atoms with Gasteiger partial charge in [-0.2, -0.15) is 0 Å². The van der Waals surface area contributed by atoms with Crippen LogP contribution in [-0.4, -0.2) is 27.8 Å². The van der Waals surface area contributed by atoms with E-state index >= 15 is 0 Å². The minimum atomic E-state index is -0.507. The molecule has 3 rings (SSSR count). The normalized spacial score (nSPS) is 24.3. The number of nitrogens with zero attached hydrogens (tertiary/aromatic N) is 1. The van der Waals surface area contributed by atoms with E-state index in [4.69, 9.17) is 15.2 Å². The number of nitrogens with one attached hydrogen (secondary N) is 1. The van der Waals surface area contributed by atoms with Gasteiger partial charge in [-0.05, 0) is 12.0 Å². The molecule has 0 bridgehead atoms. The summed E-state index contributed by atoms with van der Waals surface area (Å²) in [6.07, 6.45) is 1.64. The Bertz CT molecular complexity index is 802. The van der Waals surface area contributed by atoms with E-state index in [1.54, 1.807) is 0 Å². The Kier molecular flexibility index (Phi) is 5.47. The number of benzene rings is 1. The lowest BCUT2D eigenvalue weighted by molar-refractivity contribution is -0.0551. The number of rotatable bonds is 6. The van der Waals surface area contributed by atoms with Crippen LogP contribution < -0.4 is 17.0 Å². The van der Waals surface area contributed by atoms with E-state index in [1.165, 1.54) is 16.8 Å². The average molecular weight is 345 g/mol. The molecule has 0 saturated carbocycles. The third kappa shape index (κ3) is 4.07. The molecule has 1 aromatic carbocycles. The molecular weight excluding hydrogens is 322 g/mol. The molecule has 1 aliphatic rings. The highest BCUT2D eigenvalue weighted by Crippen LogP contribution is 2.32. The molecule has 2 aromatic rings. The Balaban J connectivity index is 1.76. The first kappa shape index (κ1) is 17.6. The Morgan fingerprint density at radius 2 is 2.08 bits per heavy atom. The van der Waals surface area contributed by atoms with Crippen LogP contribution in [0.5, 0.6) is 0 Å². The second kappa shape index (κ2) is 7.77. The summed E-state index contributed by atoms with van der Waals surface area (Å²) in [6.45, 7) is 2.44. The van der Waals surface area contributed by atoms with Gasteiger partial charge < -0.3 is 15.2 Å². The van der Waals surface area contributed by atoms with E-state index in [2.05, 4.69) is 4.98 Å². The fourth-order valence-corrected chi connectivity index (χ4v) is 3.04. The van der Waals surface area contributed by atoms with Crippen molar-refractivity contribution in [2.24, 2.45) is 5.73 Å². The third-order valence-electron chi connectivity index (χ3n) is 4.48. The molecule has 4 atom stereocenters. The predicted molar refractivity (Wildman–Crippen MR) is 93.1 cm³/mol. The van der Waals surface area contributed by atoms with Gasteiger partial charge in [0.2, 0.25) is 0 Å². The number of hydrogen-bond donors (Lipinski definition) is 2. The van der Waals surface area contributed by atoms with Crippen LogP contribution in [0.1, 0.15) is 31.6 Å². The SMILES string of the molecule is CCC(N)[C@H]1O[C@@H](n2ccc(=O)[nH]c2=O)C[C@@H]1OCc1ccccc1. The summed E-state index contributed by atoms with van der Waals surface area (Å²) in [5.74, 6) is 0. The van der Waals surface area contributed by atoms with Crippen molar-refractivity contribution in [3.05, 3.63) is 69.0 Å². The number of nitrogens with two attached hydrogens (primary N) is 1. The maximum absolute atomic E-state index is 12.0. The molecule has 25 heavy (non-hydrogen) atoms. The molecule has 0 aliphatic carbocycles. The molecule has 1 fully saturated rings. The van der Waals surface area contributed by atoms with E-state index in [1.807, 2.05) is 37.3 Å². The molecule has 1 aliphatic heterocycles. The molecule has 1 unspecified atom stereocenters. The van der Waals surface area contributed by atoms with Gasteiger partial charge in [-0.15, -0.1) is 0 Å². The monoisotopic (exact) mass is 345 g/mol. The zero-order valence-corrected chi connectivity index (χ0v) is 14.1. The molecular formula is C18H23N3O4. The molecule has 0 amide bonds. The van der Waals surface area contributed by atoms with Crippen LogP contribution in [0.25, 0.3) is 0 Å². The fraction of sp³-hybridized carbons (Fsp3) is 0.444. The van der Waals surface area contributed by atoms with Crippen LogP contribution in [0.15, 0.2) is 52.2 Å². The van der Waals surface area contributed by atoms with Crippen molar-refractivity contribution in [1.29, 1.82) is 0 Å². The highest BCUT2D eigenvalue weighted by atomic mass is 16.6. The smallest absolute Gasteiger partial charge is 0.330 e. The van der Waals surface area contributed by atoms with E-state index < -0.39 is 17.5 Å². The Hall–Kier alpha value is -2.22. The number of hydrogen-bond acceptors (Lipinski definition) is 5. The lowest BCUT2D eigenvalue weighted by atomic mass is 10.0. The summed E-state index contributed by atoms with van der Waals surface area (Å²) in [5, 5.41) is 0. The van der Waals surface area contributed by atoms with Crippen LogP contribution >= 0.6 is 0 Å². The van der Waals surface area contributed by atoms with Gasteiger partial charge in [0, 0.05) is 24.7 Å². The number of H-pyrrole nitrogens is 1. The molecule has 7 nitrogen and oxygen atoms in total. The van der Waals surface area contributed by atoms with Crippen molar-refractivity contribution < 1.29 is 9.47 Å². The zero-order valence-electron chi connectivity index (χ0n) is 14.1. The molecule has 134 valence electrons. The molecule has 3 N–H and O–H groups in total. The molecule has 2 heterocycles. The maximum atomic E-state index is 12.0. The van der Waals surface area contributed by atoms with Gasteiger partial charge in [-0.3, -0.25) is 14.3 Å². The molecule has 0 radical (unpaired) electrons. The molecule has 7 heteroatoms.